The SMILES string of the molecule is COc1cccc2oc(-c3nc4ccccc4c(=O)n3N=Cc3cccnc3)cc12. The largest absolute Gasteiger partial charge is 0.496 e. The summed E-state index contributed by atoms with van der Waals surface area (Å²) >= 11 is 0. The number of aromatic nitrogens is 3. The molecule has 0 unspecified atom stereocenters. The van der Waals surface area contributed by atoms with Crippen molar-refractivity contribution in [1.29, 1.82) is 0 Å². The Bertz CT molecular complexity index is 1450. The zero-order valence-electron chi connectivity index (χ0n) is 16.0. The minimum atomic E-state index is -0.289. The zero-order chi connectivity index (χ0) is 20.5. The van der Waals surface area contributed by atoms with E-state index in [-0.39, 0.29) is 5.56 Å². The maximum absolute atomic E-state index is 13.2. The van der Waals surface area contributed by atoms with Gasteiger partial charge >= 0.3 is 0 Å². The highest BCUT2D eigenvalue weighted by Crippen LogP contribution is 2.32. The number of hydrogen-bond donors (Lipinski definition) is 0. The van der Waals surface area contributed by atoms with Crippen LogP contribution in [0.4, 0.5) is 0 Å². The number of furan rings is 1. The van der Waals surface area contributed by atoms with Crippen LogP contribution in [0.15, 0.2) is 87.4 Å². The molecule has 0 aliphatic carbocycles. The van der Waals surface area contributed by atoms with Crippen molar-refractivity contribution in [2.75, 3.05) is 7.11 Å². The van der Waals surface area contributed by atoms with Crippen molar-refractivity contribution in [3.63, 3.8) is 0 Å². The third kappa shape index (κ3) is 3.02. The Labute approximate surface area is 170 Å². The second-order valence-electron chi connectivity index (χ2n) is 6.58. The van der Waals surface area contributed by atoms with E-state index in [1.54, 1.807) is 56.0 Å². The van der Waals surface area contributed by atoms with E-state index in [4.69, 9.17) is 9.15 Å². The van der Waals surface area contributed by atoms with Gasteiger partial charge in [-0.15, -0.1) is 0 Å². The number of methoxy groups -OCH3 is 1. The lowest BCUT2D eigenvalue weighted by molar-refractivity contribution is 0.419. The second kappa shape index (κ2) is 7.29. The number of pyridine rings is 1. The lowest BCUT2D eigenvalue weighted by Gasteiger charge is -2.07. The number of fused-ring (bicyclic) bond motifs is 2. The molecule has 7 heteroatoms. The van der Waals surface area contributed by atoms with E-state index in [9.17, 15) is 4.79 Å². The molecule has 5 aromatic rings. The molecule has 0 amide bonds. The molecule has 0 N–H and O–H groups in total. The quantitative estimate of drug-likeness (QED) is 0.427. The zero-order valence-corrected chi connectivity index (χ0v) is 16.0. The first-order valence-electron chi connectivity index (χ1n) is 9.28. The standard InChI is InChI=1S/C23H16N4O3/c1-29-19-9-4-10-20-17(19)12-21(30-20)22-26-18-8-3-2-7-16(18)23(28)27(22)25-14-15-6-5-11-24-13-15/h2-14H,1H3. The monoisotopic (exact) mass is 396 g/mol. The Morgan fingerprint density at radius 3 is 2.80 bits per heavy atom. The van der Waals surface area contributed by atoms with Gasteiger partial charge in [0.05, 0.1) is 29.6 Å². The van der Waals surface area contributed by atoms with Gasteiger partial charge in [-0.2, -0.15) is 9.78 Å². The lowest BCUT2D eigenvalue weighted by Crippen LogP contribution is -2.20. The summed E-state index contributed by atoms with van der Waals surface area (Å²) in [6, 6.07) is 18.1. The maximum atomic E-state index is 13.2. The van der Waals surface area contributed by atoms with Crippen LogP contribution < -0.4 is 10.3 Å². The van der Waals surface area contributed by atoms with Gasteiger partial charge in [-0.1, -0.05) is 24.3 Å². The number of hydrogen-bond acceptors (Lipinski definition) is 6. The van der Waals surface area contributed by atoms with E-state index in [0.29, 0.717) is 33.8 Å². The number of rotatable bonds is 4. The minimum absolute atomic E-state index is 0.289. The van der Waals surface area contributed by atoms with Crippen LogP contribution in [0.2, 0.25) is 0 Å². The fourth-order valence-corrected chi connectivity index (χ4v) is 3.29. The Morgan fingerprint density at radius 2 is 1.97 bits per heavy atom. The van der Waals surface area contributed by atoms with E-state index in [1.807, 2.05) is 30.3 Å². The highest BCUT2D eigenvalue weighted by molar-refractivity contribution is 5.88. The Balaban J connectivity index is 1.76. The predicted molar refractivity (Wildman–Crippen MR) is 115 cm³/mol. The van der Waals surface area contributed by atoms with Gasteiger partial charge in [-0.3, -0.25) is 9.78 Å². The predicted octanol–water partition coefficient (Wildman–Crippen LogP) is 4.10. The number of ether oxygens (including phenoxy) is 1. The van der Waals surface area contributed by atoms with Crippen molar-refractivity contribution < 1.29 is 9.15 Å². The topological polar surface area (TPSA) is 82.5 Å². The maximum Gasteiger partial charge on any atom is 0.282 e. The van der Waals surface area contributed by atoms with Crippen molar-refractivity contribution in [1.82, 2.24) is 14.6 Å². The smallest absolute Gasteiger partial charge is 0.282 e. The normalized spacial score (nSPS) is 11.5. The Hall–Kier alpha value is -4.26. The van der Waals surface area contributed by atoms with Crippen LogP contribution in [-0.4, -0.2) is 28.0 Å². The highest BCUT2D eigenvalue weighted by Gasteiger charge is 2.17. The highest BCUT2D eigenvalue weighted by atomic mass is 16.5. The van der Waals surface area contributed by atoms with Crippen LogP contribution in [0.5, 0.6) is 5.75 Å². The van der Waals surface area contributed by atoms with Crippen molar-refractivity contribution in [2.24, 2.45) is 5.10 Å². The molecule has 146 valence electrons. The molecule has 0 aliphatic rings. The van der Waals surface area contributed by atoms with Gasteiger partial charge < -0.3 is 9.15 Å². The second-order valence-corrected chi connectivity index (χ2v) is 6.58. The fraction of sp³-hybridized carbons (Fsp3) is 0.0435. The van der Waals surface area contributed by atoms with Crippen LogP contribution >= 0.6 is 0 Å². The summed E-state index contributed by atoms with van der Waals surface area (Å²) in [4.78, 5) is 21.9. The summed E-state index contributed by atoms with van der Waals surface area (Å²) in [5.74, 6) is 1.40. The van der Waals surface area contributed by atoms with Crippen LogP contribution in [0.25, 0.3) is 33.5 Å². The van der Waals surface area contributed by atoms with Crippen LogP contribution in [-0.2, 0) is 0 Å². The first-order valence-corrected chi connectivity index (χ1v) is 9.28. The molecular weight excluding hydrogens is 380 g/mol. The first-order chi connectivity index (χ1) is 14.7. The first kappa shape index (κ1) is 17.8. The molecule has 0 saturated carbocycles. The molecule has 3 aromatic heterocycles. The molecule has 0 bridgehead atoms. The van der Waals surface area contributed by atoms with Crippen molar-refractivity contribution in [3.8, 4) is 17.3 Å². The number of nitrogens with zero attached hydrogens (tertiary/aromatic N) is 4. The molecule has 0 aliphatic heterocycles. The van der Waals surface area contributed by atoms with Gasteiger partial charge in [0.15, 0.2) is 5.76 Å². The molecule has 5 rings (SSSR count). The summed E-state index contributed by atoms with van der Waals surface area (Å²) in [5.41, 5.74) is 1.67. The molecule has 0 atom stereocenters. The average molecular weight is 396 g/mol. The van der Waals surface area contributed by atoms with E-state index < -0.39 is 0 Å². The van der Waals surface area contributed by atoms with E-state index in [2.05, 4.69) is 15.1 Å². The molecule has 30 heavy (non-hydrogen) atoms. The van der Waals surface area contributed by atoms with Gasteiger partial charge in [0, 0.05) is 18.0 Å². The van der Waals surface area contributed by atoms with E-state index >= 15 is 0 Å². The van der Waals surface area contributed by atoms with Crippen LogP contribution in [0.3, 0.4) is 0 Å². The molecule has 7 nitrogen and oxygen atoms in total. The average Bonchev–Trinajstić information content (AvgIpc) is 3.23. The van der Waals surface area contributed by atoms with Crippen LogP contribution in [0, 0.1) is 0 Å². The third-order valence-corrected chi connectivity index (χ3v) is 4.72. The molecule has 0 fully saturated rings. The molecule has 2 aromatic carbocycles. The van der Waals surface area contributed by atoms with Gasteiger partial charge in [0.2, 0.25) is 5.82 Å². The minimum Gasteiger partial charge on any atom is -0.496 e. The Kier molecular flexibility index (Phi) is 4.33. The van der Waals surface area contributed by atoms with Crippen molar-refractivity contribution >= 4 is 28.1 Å². The van der Waals surface area contributed by atoms with Gasteiger partial charge in [-0.25, -0.2) is 4.98 Å². The van der Waals surface area contributed by atoms with E-state index in [1.165, 1.54) is 4.68 Å². The summed E-state index contributed by atoms with van der Waals surface area (Å²) < 4.78 is 12.7. The summed E-state index contributed by atoms with van der Waals surface area (Å²) in [6.45, 7) is 0. The fourth-order valence-electron chi connectivity index (χ4n) is 3.29. The summed E-state index contributed by atoms with van der Waals surface area (Å²) in [5, 5.41) is 5.66. The van der Waals surface area contributed by atoms with Crippen molar-refractivity contribution in [2.45, 2.75) is 0 Å². The molecule has 3 heterocycles. The lowest BCUT2D eigenvalue weighted by atomic mass is 10.2. The molecular formula is C23H16N4O3. The molecule has 0 spiro atoms. The number of benzene rings is 2. The molecule has 0 saturated heterocycles. The summed E-state index contributed by atoms with van der Waals surface area (Å²) in [6.07, 6.45) is 4.90. The van der Waals surface area contributed by atoms with Gasteiger partial charge in [0.1, 0.15) is 11.3 Å². The number of para-hydroxylation sites is 1. The van der Waals surface area contributed by atoms with E-state index in [0.717, 1.165) is 10.9 Å². The van der Waals surface area contributed by atoms with Crippen LogP contribution in [0.1, 0.15) is 5.56 Å². The summed E-state index contributed by atoms with van der Waals surface area (Å²) in [7, 11) is 1.60. The Morgan fingerprint density at radius 1 is 1.07 bits per heavy atom. The molecule has 0 radical (unpaired) electrons. The van der Waals surface area contributed by atoms with Gasteiger partial charge in [-0.05, 0) is 36.4 Å². The third-order valence-electron chi connectivity index (χ3n) is 4.72. The van der Waals surface area contributed by atoms with Gasteiger partial charge in [0.25, 0.3) is 5.56 Å². The van der Waals surface area contributed by atoms with Crippen molar-refractivity contribution in [3.05, 3.63) is 89.0 Å².